The summed E-state index contributed by atoms with van der Waals surface area (Å²) in [5, 5.41) is 34.6. The van der Waals surface area contributed by atoms with Crippen LogP contribution in [0.2, 0.25) is 0 Å². The molecule has 7 nitrogen and oxygen atoms in total. The van der Waals surface area contributed by atoms with E-state index in [0.29, 0.717) is 0 Å². The minimum Gasteiger partial charge on any atom is -0.547 e. The monoisotopic (exact) mass is 284 g/mol. The van der Waals surface area contributed by atoms with Crippen molar-refractivity contribution < 1.29 is 35.5 Å². The Hall–Kier alpha value is 0.301. The van der Waals surface area contributed by atoms with Crippen molar-refractivity contribution in [2.45, 2.75) is 26.1 Å². The Bertz CT molecular complexity index is 138. The molecule has 14 heavy (non-hydrogen) atoms. The topological polar surface area (TPSA) is 152 Å². The SMILES string of the molecule is C[C@H](O)C(=O)[O-].C[C@H](O)C(=O)[O-].O.[Sr+2]. The maximum absolute atomic E-state index is 9.34. The van der Waals surface area contributed by atoms with E-state index in [2.05, 4.69) is 0 Å². The van der Waals surface area contributed by atoms with Crippen molar-refractivity contribution in [2.24, 2.45) is 0 Å². The van der Waals surface area contributed by atoms with Crippen LogP contribution in [-0.2, 0) is 9.59 Å². The van der Waals surface area contributed by atoms with E-state index < -0.39 is 24.1 Å². The van der Waals surface area contributed by atoms with Crippen molar-refractivity contribution in [3.8, 4) is 0 Å². The van der Waals surface area contributed by atoms with E-state index in [-0.39, 0.29) is 51.0 Å². The number of hydrogen-bond acceptors (Lipinski definition) is 6. The van der Waals surface area contributed by atoms with Gasteiger partial charge in [-0.05, 0) is 13.8 Å². The largest absolute Gasteiger partial charge is 2.00 e. The Morgan fingerprint density at radius 3 is 1.07 bits per heavy atom. The summed E-state index contributed by atoms with van der Waals surface area (Å²) in [7, 11) is 0. The molecule has 80 valence electrons. The van der Waals surface area contributed by atoms with Crippen LogP contribution in [0.4, 0.5) is 0 Å². The third-order valence-corrected chi connectivity index (χ3v) is 0.682. The number of carbonyl (C=O) groups is 2. The summed E-state index contributed by atoms with van der Waals surface area (Å²) in [5.74, 6) is -2.87. The van der Waals surface area contributed by atoms with Crippen LogP contribution < -0.4 is 10.2 Å². The van der Waals surface area contributed by atoms with E-state index in [1.807, 2.05) is 0 Å². The first-order valence-corrected chi connectivity index (χ1v) is 3.06. The third kappa shape index (κ3) is 22.8. The molecule has 0 aliphatic rings. The minimum atomic E-state index is -1.44. The number of rotatable bonds is 2. The molecule has 0 fully saturated rings. The maximum Gasteiger partial charge on any atom is 2.00 e. The third-order valence-electron chi connectivity index (χ3n) is 0.682. The average molecular weight is 284 g/mol. The van der Waals surface area contributed by atoms with Gasteiger partial charge in [0.1, 0.15) is 0 Å². The van der Waals surface area contributed by atoms with Crippen LogP contribution in [0.3, 0.4) is 0 Å². The predicted molar refractivity (Wildman–Crippen MR) is 42.7 cm³/mol. The van der Waals surface area contributed by atoms with Gasteiger partial charge in [-0.3, -0.25) is 0 Å². The van der Waals surface area contributed by atoms with Gasteiger partial charge in [-0.25, -0.2) is 0 Å². The standard InChI is InChI=1S/2C3H6O3.H2O.Sr/c2*1-2(4)3(5)6;;/h2*2,4H,1H3,(H,5,6);1H2;/q;;;+2/p-2/t2*2-;;/m00../s1. The van der Waals surface area contributed by atoms with Gasteiger partial charge in [0.05, 0.1) is 24.1 Å². The quantitative estimate of drug-likeness (QED) is 0.484. The van der Waals surface area contributed by atoms with Crippen LogP contribution in [0.1, 0.15) is 13.8 Å². The molecule has 4 N–H and O–H groups in total. The Morgan fingerprint density at radius 1 is 1.00 bits per heavy atom. The molecule has 0 aliphatic carbocycles. The summed E-state index contributed by atoms with van der Waals surface area (Å²) in [6, 6.07) is 0. The van der Waals surface area contributed by atoms with E-state index in [4.69, 9.17) is 10.2 Å². The molecule has 0 radical (unpaired) electrons. The van der Waals surface area contributed by atoms with Gasteiger partial charge in [0.2, 0.25) is 0 Å². The van der Waals surface area contributed by atoms with Crippen LogP contribution in [0, 0.1) is 0 Å². The van der Waals surface area contributed by atoms with Crippen molar-refractivity contribution in [3.63, 3.8) is 0 Å². The van der Waals surface area contributed by atoms with Gasteiger partial charge < -0.3 is 35.5 Å². The van der Waals surface area contributed by atoms with Crippen molar-refractivity contribution in [1.82, 2.24) is 0 Å². The Balaban J connectivity index is -0.0000000625. The predicted octanol–water partition coefficient (Wildman–Crippen LogP) is -4.97. The maximum atomic E-state index is 9.34. The van der Waals surface area contributed by atoms with Crippen LogP contribution in [0.15, 0.2) is 0 Å². The first-order chi connectivity index (χ1) is 5.29. The van der Waals surface area contributed by atoms with E-state index >= 15 is 0 Å². The van der Waals surface area contributed by atoms with Gasteiger partial charge in [-0.15, -0.1) is 0 Å². The molecule has 0 saturated carbocycles. The second kappa shape index (κ2) is 13.3. The number of aliphatic carboxylic acids is 2. The van der Waals surface area contributed by atoms with Crippen molar-refractivity contribution in [2.75, 3.05) is 0 Å². The fourth-order valence-electron chi connectivity index (χ4n) is 0. The second-order valence-corrected chi connectivity index (χ2v) is 1.99. The van der Waals surface area contributed by atoms with E-state index in [9.17, 15) is 19.8 Å². The molecular formula is C6H12O7Sr. The van der Waals surface area contributed by atoms with Crippen molar-refractivity contribution in [1.29, 1.82) is 0 Å². The summed E-state index contributed by atoms with van der Waals surface area (Å²) in [6.07, 6.45) is -2.69. The van der Waals surface area contributed by atoms with E-state index in [1.165, 1.54) is 0 Å². The van der Waals surface area contributed by atoms with Gasteiger partial charge in [0.25, 0.3) is 0 Å². The summed E-state index contributed by atoms with van der Waals surface area (Å²) in [6.45, 7) is 2.27. The minimum absolute atomic E-state index is 0. The molecule has 0 bridgehead atoms. The molecule has 0 aromatic rings. The molecular weight excluding hydrogens is 272 g/mol. The number of hydrogen-bond donors (Lipinski definition) is 2. The molecule has 0 unspecified atom stereocenters. The van der Waals surface area contributed by atoms with Gasteiger partial charge in [-0.2, -0.15) is 0 Å². The molecule has 0 aromatic heterocycles. The zero-order valence-electron chi connectivity index (χ0n) is 7.89. The van der Waals surface area contributed by atoms with Crippen LogP contribution >= 0.6 is 0 Å². The summed E-state index contributed by atoms with van der Waals surface area (Å²) in [5.41, 5.74) is 0. The smallest absolute Gasteiger partial charge is 0.547 e. The van der Waals surface area contributed by atoms with Crippen LogP contribution in [0.25, 0.3) is 0 Å². The van der Waals surface area contributed by atoms with Gasteiger partial charge in [-0.1, -0.05) is 0 Å². The molecule has 0 aliphatic heterocycles. The van der Waals surface area contributed by atoms with Crippen LogP contribution in [-0.4, -0.2) is 85.3 Å². The average Bonchev–Trinajstić information content (AvgIpc) is 1.88. The molecule has 0 aromatic carbocycles. The molecule has 0 heterocycles. The number of carbonyl (C=O) groups excluding carboxylic acids is 2. The summed E-state index contributed by atoms with van der Waals surface area (Å²) < 4.78 is 0. The zero-order chi connectivity index (χ0) is 10.3. The first kappa shape index (κ1) is 23.8. The van der Waals surface area contributed by atoms with Crippen molar-refractivity contribution >= 4 is 57.4 Å². The first-order valence-electron chi connectivity index (χ1n) is 3.06. The molecule has 2 atom stereocenters. The molecule has 0 saturated heterocycles. The normalized spacial score (nSPS) is 11.7. The van der Waals surface area contributed by atoms with Crippen molar-refractivity contribution in [3.05, 3.63) is 0 Å². The fraction of sp³-hybridized carbons (Fsp3) is 0.667. The molecule has 0 rings (SSSR count). The Labute approximate surface area is 118 Å². The Kier molecular flexibility index (Phi) is 22.7. The van der Waals surface area contributed by atoms with Gasteiger partial charge >= 0.3 is 45.5 Å². The number of aliphatic hydroxyl groups is 2. The number of carboxylic acids is 2. The summed E-state index contributed by atoms with van der Waals surface area (Å²) >= 11 is 0. The van der Waals surface area contributed by atoms with Crippen LogP contribution in [0.5, 0.6) is 0 Å². The second-order valence-electron chi connectivity index (χ2n) is 1.99. The zero-order valence-corrected chi connectivity index (χ0v) is 11.4. The molecule has 0 spiro atoms. The van der Waals surface area contributed by atoms with Gasteiger partial charge in [0, 0.05) is 0 Å². The number of carboxylic acid groups (broad SMARTS) is 2. The van der Waals surface area contributed by atoms with Gasteiger partial charge in [0.15, 0.2) is 0 Å². The molecule has 0 amide bonds. The van der Waals surface area contributed by atoms with E-state index in [0.717, 1.165) is 13.8 Å². The Morgan fingerprint density at radius 2 is 1.07 bits per heavy atom. The summed E-state index contributed by atoms with van der Waals surface area (Å²) in [4.78, 5) is 18.7. The van der Waals surface area contributed by atoms with E-state index in [1.54, 1.807) is 0 Å². The number of aliphatic hydroxyl groups excluding tert-OH is 2. The molecule has 8 heteroatoms. The fourth-order valence-corrected chi connectivity index (χ4v) is 0.